The van der Waals surface area contributed by atoms with Crippen LogP contribution in [0.1, 0.15) is 29.2 Å². The van der Waals surface area contributed by atoms with Crippen molar-refractivity contribution in [2.45, 2.75) is 34.1 Å². The van der Waals surface area contributed by atoms with Crippen LogP contribution < -0.4 is 16.4 Å². The first-order valence-electron chi connectivity index (χ1n) is 8.80. The molecule has 0 unspecified atom stereocenters. The maximum atomic E-state index is 6.09. The normalized spacial score (nSPS) is 12.0. The maximum absolute atomic E-state index is 6.09. The van der Waals surface area contributed by atoms with E-state index >= 15 is 0 Å². The van der Waals surface area contributed by atoms with Crippen molar-refractivity contribution in [2.75, 3.05) is 10.6 Å². The maximum Gasteiger partial charge on any atom is 0.199 e. The first-order valence-corrected chi connectivity index (χ1v) is 8.80. The molecule has 0 saturated carbocycles. The number of anilines is 2. The molecule has 0 fully saturated rings. The molecule has 0 spiro atoms. The average Bonchev–Trinajstić information content (AvgIpc) is 2.58. The number of nitrogens with two attached hydrogens (primary N) is 1. The highest BCUT2D eigenvalue weighted by molar-refractivity contribution is 5.93. The minimum atomic E-state index is 0.317. The number of allylic oxidation sites excluding steroid dienone is 2. The number of benzene rings is 2. The molecule has 0 atom stereocenters. The Labute approximate surface area is 156 Å². The summed E-state index contributed by atoms with van der Waals surface area (Å²) in [7, 11) is 0. The van der Waals surface area contributed by atoms with Gasteiger partial charge in [0.25, 0.3) is 0 Å². The highest BCUT2D eigenvalue weighted by Gasteiger charge is 2.06. The van der Waals surface area contributed by atoms with E-state index in [9.17, 15) is 0 Å². The third-order valence-electron chi connectivity index (χ3n) is 4.08. The minimum absolute atomic E-state index is 0.317. The summed E-state index contributed by atoms with van der Waals surface area (Å²) in [5.74, 6) is 0.947. The summed E-state index contributed by atoms with van der Waals surface area (Å²) in [4.78, 5) is 4.47. The molecule has 4 nitrogen and oxygen atoms in total. The molecule has 4 N–H and O–H groups in total. The summed E-state index contributed by atoms with van der Waals surface area (Å²) < 4.78 is 0. The van der Waals surface area contributed by atoms with Crippen molar-refractivity contribution in [3.05, 3.63) is 83.2 Å². The van der Waals surface area contributed by atoms with E-state index in [1.165, 1.54) is 11.1 Å². The Kier molecular flexibility index (Phi) is 6.61. The van der Waals surface area contributed by atoms with Gasteiger partial charge in [-0.25, -0.2) is 0 Å². The summed E-state index contributed by atoms with van der Waals surface area (Å²) in [6, 6.07) is 12.4. The second-order valence-electron chi connectivity index (χ2n) is 6.36. The minimum Gasteiger partial charge on any atom is -0.369 e. The van der Waals surface area contributed by atoms with Crippen LogP contribution in [0.25, 0.3) is 0 Å². The standard InChI is InChI=1S/C22H28N4/c1-6-8-20(25-21-16(4)13-15(3)14-17(21)5)26-22(23)24-19-11-9-18(7-2)10-12-19/h6,8-14,25H,1,7H2,2-5H3,(H3,23,24,26)/b20-8-. The lowest BCUT2D eigenvalue weighted by Crippen LogP contribution is -2.23. The van der Waals surface area contributed by atoms with Gasteiger partial charge in [0.1, 0.15) is 5.82 Å². The van der Waals surface area contributed by atoms with Crippen LogP contribution in [0.4, 0.5) is 11.4 Å². The monoisotopic (exact) mass is 348 g/mol. The van der Waals surface area contributed by atoms with Gasteiger partial charge in [0.2, 0.25) is 0 Å². The van der Waals surface area contributed by atoms with Gasteiger partial charge in [-0.3, -0.25) is 0 Å². The second kappa shape index (κ2) is 8.90. The molecule has 0 radical (unpaired) electrons. The van der Waals surface area contributed by atoms with Crippen molar-refractivity contribution >= 4 is 17.3 Å². The predicted molar refractivity (Wildman–Crippen MR) is 114 cm³/mol. The molecule has 2 aromatic carbocycles. The molecule has 0 amide bonds. The first-order chi connectivity index (χ1) is 12.4. The van der Waals surface area contributed by atoms with E-state index in [1.807, 2.05) is 12.1 Å². The molecule has 0 aliphatic carbocycles. The van der Waals surface area contributed by atoms with Crippen molar-refractivity contribution in [2.24, 2.45) is 10.7 Å². The summed E-state index contributed by atoms with van der Waals surface area (Å²) in [5.41, 5.74) is 12.9. The summed E-state index contributed by atoms with van der Waals surface area (Å²) in [6.07, 6.45) is 4.50. The van der Waals surface area contributed by atoms with Gasteiger partial charge < -0.3 is 16.4 Å². The zero-order valence-electron chi connectivity index (χ0n) is 16.1. The summed E-state index contributed by atoms with van der Waals surface area (Å²) in [6.45, 7) is 12.1. The Morgan fingerprint density at radius 3 is 2.23 bits per heavy atom. The third-order valence-corrected chi connectivity index (χ3v) is 4.08. The van der Waals surface area contributed by atoms with Gasteiger partial charge in [-0.2, -0.15) is 4.99 Å². The molecular weight excluding hydrogens is 320 g/mol. The Morgan fingerprint density at radius 2 is 1.69 bits per heavy atom. The highest BCUT2D eigenvalue weighted by Crippen LogP contribution is 2.23. The van der Waals surface area contributed by atoms with Crippen molar-refractivity contribution in [1.82, 2.24) is 0 Å². The second-order valence-corrected chi connectivity index (χ2v) is 6.36. The van der Waals surface area contributed by atoms with Crippen molar-refractivity contribution < 1.29 is 0 Å². The van der Waals surface area contributed by atoms with Crippen LogP contribution in [-0.2, 0) is 6.42 Å². The van der Waals surface area contributed by atoms with Gasteiger partial charge in [0, 0.05) is 11.4 Å². The van der Waals surface area contributed by atoms with Crippen LogP contribution in [-0.4, -0.2) is 5.96 Å². The first kappa shape index (κ1) is 19.3. The number of hydrogen-bond donors (Lipinski definition) is 3. The fourth-order valence-electron chi connectivity index (χ4n) is 2.85. The lowest BCUT2D eigenvalue weighted by Gasteiger charge is -2.15. The average molecular weight is 348 g/mol. The van der Waals surface area contributed by atoms with Crippen LogP contribution in [0.3, 0.4) is 0 Å². The van der Waals surface area contributed by atoms with Gasteiger partial charge in [-0.15, -0.1) is 0 Å². The van der Waals surface area contributed by atoms with E-state index in [0.717, 1.165) is 28.9 Å². The Hall–Kier alpha value is -3.01. The van der Waals surface area contributed by atoms with Gasteiger partial charge >= 0.3 is 0 Å². The van der Waals surface area contributed by atoms with Gasteiger partial charge in [-0.05, 0) is 62.1 Å². The molecule has 2 rings (SSSR count). The van der Waals surface area contributed by atoms with Crippen LogP contribution in [0.2, 0.25) is 0 Å². The van der Waals surface area contributed by atoms with Crippen molar-refractivity contribution in [3.63, 3.8) is 0 Å². The number of nitrogens with zero attached hydrogens (tertiary/aromatic N) is 1. The lowest BCUT2D eigenvalue weighted by molar-refractivity contribution is 1.14. The highest BCUT2D eigenvalue weighted by atomic mass is 15.2. The number of rotatable bonds is 6. The summed E-state index contributed by atoms with van der Waals surface area (Å²) in [5, 5.41) is 6.48. The van der Waals surface area contributed by atoms with Crippen molar-refractivity contribution in [3.8, 4) is 0 Å². The van der Waals surface area contributed by atoms with E-state index in [2.05, 4.69) is 74.2 Å². The van der Waals surface area contributed by atoms with Gasteiger partial charge in [0.05, 0.1) is 0 Å². The topological polar surface area (TPSA) is 62.4 Å². The predicted octanol–water partition coefficient (Wildman–Crippen LogP) is 5.04. The lowest BCUT2D eigenvalue weighted by atomic mass is 10.1. The number of guanidine groups is 1. The molecule has 4 heteroatoms. The molecule has 136 valence electrons. The fourth-order valence-corrected chi connectivity index (χ4v) is 2.85. The zero-order chi connectivity index (χ0) is 19.1. The van der Waals surface area contributed by atoms with E-state index in [0.29, 0.717) is 11.8 Å². The number of aliphatic imine (C=N–C) groups is 1. The van der Waals surface area contributed by atoms with Gasteiger partial charge in [-0.1, -0.05) is 49.4 Å². The largest absolute Gasteiger partial charge is 0.369 e. The Balaban J connectivity index is 2.20. The van der Waals surface area contributed by atoms with E-state index in [-0.39, 0.29) is 0 Å². The molecule has 2 aromatic rings. The molecular formula is C22H28N4. The molecule has 0 bridgehead atoms. The molecule has 0 heterocycles. The van der Waals surface area contributed by atoms with Crippen molar-refractivity contribution in [1.29, 1.82) is 0 Å². The van der Waals surface area contributed by atoms with Gasteiger partial charge in [0.15, 0.2) is 5.96 Å². The van der Waals surface area contributed by atoms with E-state index in [4.69, 9.17) is 5.73 Å². The van der Waals surface area contributed by atoms with Crippen LogP contribution in [0.15, 0.2) is 65.9 Å². The van der Waals surface area contributed by atoms with E-state index in [1.54, 1.807) is 12.2 Å². The SMILES string of the molecule is C=C/C=C(\N=C(/N)Nc1ccc(CC)cc1)Nc1c(C)cc(C)cc1C. The van der Waals surface area contributed by atoms with Crippen LogP contribution in [0.5, 0.6) is 0 Å². The molecule has 26 heavy (non-hydrogen) atoms. The smallest absolute Gasteiger partial charge is 0.199 e. The Morgan fingerprint density at radius 1 is 1.08 bits per heavy atom. The zero-order valence-corrected chi connectivity index (χ0v) is 16.1. The molecule has 0 saturated heterocycles. The summed E-state index contributed by atoms with van der Waals surface area (Å²) >= 11 is 0. The van der Waals surface area contributed by atoms with Crippen LogP contribution >= 0.6 is 0 Å². The Bertz CT molecular complexity index is 807. The third kappa shape index (κ3) is 5.24. The molecule has 0 aromatic heterocycles. The number of nitrogens with one attached hydrogen (secondary N) is 2. The quantitative estimate of drug-likeness (QED) is 0.389. The van der Waals surface area contributed by atoms with Crippen LogP contribution in [0, 0.1) is 20.8 Å². The van der Waals surface area contributed by atoms with E-state index < -0.39 is 0 Å². The number of aryl methyl sites for hydroxylation is 4. The fraction of sp³-hybridized carbons (Fsp3) is 0.227. The number of hydrogen-bond acceptors (Lipinski definition) is 2. The molecule has 0 aliphatic rings. The molecule has 0 aliphatic heterocycles.